The van der Waals surface area contributed by atoms with Gasteiger partial charge in [-0.05, 0) is 43.9 Å². The summed E-state index contributed by atoms with van der Waals surface area (Å²) in [6, 6.07) is 7.38. The molecule has 1 aliphatic rings. The van der Waals surface area contributed by atoms with Crippen molar-refractivity contribution in [2.75, 3.05) is 26.2 Å². The highest BCUT2D eigenvalue weighted by atomic mass is 35.5. The third kappa shape index (κ3) is 5.63. The SMILES string of the molecule is C=C(C)C[C@@H](c1ccc(C)c(C)c1)N1CCNCC1.Cl.Cl. The highest BCUT2D eigenvalue weighted by Gasteiger charge is 2.22. The number of benzene rings is 1. The molecule has 2 nitrogen and oxygen atoms in total. The van der Waals surface area contributed by atoms with Crippen LogP contribution in [0.3, 0.4) is 0 Å². The van der Waals surface area contributed by atoms with Crippen LogP contribution in [0.1, 0.15) is 36.1 Å². The van der Waals surface area contributed by atoms with Crippen LogP contribution in [-0.4, -0.2) is 31.1 Å². The zero-order valence-corrected chi connectivity index (χ0v) is 14.9. The van der Waals surface area contributed by atoms with Crippen molar-refractivity contribution in [2.24, 2.45) is 0 Å². The number of nitrogens with zero attached hydrogens (tertiary/aromatic N) is 1. The smallest absolute Gasteiger partial charge is 0.0386 e. The van der Waals surface area contributed by atoms with Crippen molar-refractivity contribution in [3.8, 4) is 0 Å². The molecule has 0 aromatic heterocycles. The molecule has 1 atom stereocenters. The van der Waals surface area contributed by atoms with Crippen molar-refractivity contribution in [2.45, 2.75) is 33.2 Å². The minimum absolute atomic E-state index is 0. The van der Waals surface area contributed by atoms with Gasteiger partial charge in [0.1, 0.15) is 0 Å². The van der Waals surface area contributed by atoms with Crippen LogP contribution < -0.4 is 5.32 Å². The molecule has 1 aromatic carbocycles. The highest BCUT2D eigenvalue weighted by molar-refractivity contribution is 5.85. The average Bonchev–Trinajstić information content (AvgIpc) is 2.40. The Bertz CT molecular complexity index is 454. The Morgan fingerprint density at radius 1 is 1.19 bits per heavy atom. The third-order valence-electron chi connectivity index (χ3n) is 4.05. The molecule has 120 valence electrons. The molecule has 0 spiro atoms. The molecule has 0 unspecified atom stereocenters. The van der Waals surface area contributed by atoms with E-state index in [9.17, 15) is 0 Å². The van der Waals surface area contributed by atoms with Crippen molar-refractivity contribution >= 4 is 24.8 Å². The van der Waals surface area contributed by atoms with Gasteiger partial charge in [0.15, 0.2) is 0 Å². The lowest BCUT2D eigenvalue weighted by Crippen LogP contribution is -2.45. The summed E-state index contributed by atoms with van der Waals surface area (Å²) in [7, 11) is 0. The second-order valence-electron chi connectivity index (χ2n) is 5.81. The zero-order chi connectivity index (χ0) is 13.8. The van der Waals surface area contributed by atoms with Crippen LogP contribution in [-0.2, 0) is 0 Å². The van der Waals surface area contributed by atoms with E-state index in [0.29, 0.717) is 6.04 Å². The number of aryl methyl sites for hydroxylation is 2. The van der Waals surface area contributed by atoms with Gasteiger partial charge in [-0.3, -0.25) is 4.90 Å². The molecule has 4 heteroatoms. The first kappa shape index (κ1) is 20.5. The first-order valence-electron chi connectivity index (χ1n) is 7.24. The van der Waals surface area contributed by atoms with Gasteiger partial charge in [0, 0.05) is 32.2 Å². The Kier molecular flexibility index (Phi) is 9.23. The maximum Gasteiger partial charge on any atom is 0.0386 e. The largest absolute Gasteiger partial charge is 0.314 e. The molecule has 1 heterocycles. The standard InChI is InChI=1S/C17H26N2.2ClH/c1-13(2)11-17(19-9-7-18-8-10-19)16-6-5-14(3)15(4)12-16;;/h5-6,12,17-18H,1,7-11H2,2-4H3;2*1H/t17-;;/m0../s1. The molecule has 0 radical (unpaired) electrons. The quantitative estimate of drug-likeness (QED) is 0.837. The van der Waals surface area contributed by atoms with E-state index >= 15 is 0 Å². The number of rotatable bonds is 4. The minimum Gasteiger partial charge on any atom is -0.314 e. The zero-order valence-electron chi connectivity index (χ0n) is 13.3. The van der Waals surface area contributed by atoms with Gasteiger partial charge >= 0.3 is 0 Å². The molecule has 0 aliphatic carbocycles. The number of nitrogens with one attached hydrogen (secondary N) is 1. The maximum absolute atomic E-state index is 4.11. The van der Waals surface area contributed by atoms with Crippen LogP contribution in [0.15, 0.2) is 30.4 Å². The summed E-state index contributed by atoms with van der Waals surface area (Å²) in [5.41, 5.74) is 5.47. The van der Waals surface area contributed by atoms with Crippen LogP contribution >= 0.6 is 24.8 Å². The van der Waals surface area contributed by atoms with Crippen LogP contribution in [0, 0.1) is 13.8 Å². The summed E-state index contributed by atoms with van der Waals surface area (Å²) in [5.74, 6) is 0. The van der Waals surface area contributed by atoms with E-state index in [-0.39, 0.29) is 24.8 Å². The molecular weight excluding hydrogens is 303 g/mol. The summed E-state index contributed by atoms with van der Waals surface area (Å²) >= 11 is 0. The van der Waals surface area contributed by atoms with Crippen molar-refractivity contribution in [3.63, 3.8) is 0 Å². The lowest BCUT2D eigenvalue weighted by Gasteiger charge is -2.35. The molecule has 1 aromatic rings. The number of halogens is 2. The fourth-order valence-electron chi connectivity index (χ4n) is 2.75. The van der Waals surface area contributed by atoms with E-state index in [1.54, 1.807) is 0 Å². The van der Waals surface area contributed by atoms with Gasteiger partial charge in [0.05, 0.1) is 0 Å². The molecule has 1 fully saturated rings. The Labute approximate surface area is 141 Å². The normalized spacial score (nSPS) is 16.5. The highest BCUT2D eigenvalue weighted by Crippen LogP contribution is 2.28. The van der Waals surface area contributed by atoms with Crippen LogP contribution in [0.5, 0.6) is 0 Å². The Morgan fingerprint density at radius 2 is 1.81 bits per heavy atom. The van der Waals surface area contributed by atoms with Crippen LogP contribution in [0.25, 0.3) is 0 Å². The molecule has 0 amide bonds. The first-order chi connectivity index (χ1) is 9.08. The van der Waals surface area contributed by atoms with Gasteiger partial charge in [-0.2, -0.15) is 0 Å². The lowest BCUT2D eigenvalue weighted by molar-refractivity contribution is 0.172. The Morgan fingerprint density at radius 3 is 2.33 bits per heavy atom. The van der Waals surface area contributed by atoms with Gasteiger partial charge in [0.2, 0.25) is 0 Å². The average molecular weight is 331 g/mol. The molecule has 2 rings (SSSR count). The molecule has 1 N–H and O–H groups in total. The second kappa shape index (κ2) is 9.47. The van der Waals surface area contributed by atoms with E-state index < -0.39 is 0 Å². The topological polar surface area (TPSA) is 15.3 Å². The monoisotopic (exact) mass is 330 g/mol. The molecule has 0 saturated carbocycles. The lowest BCUT2D eigenvalue weighted by atomic mass is 9.95. The van der Waals surface area contributed by atoms with Gasteiger partial charge in [-0.15, -0.1) is 31.4 Å². The van der Waals surface area contributed by atoms with E-state index in [2.05, 4.69) is 55.8 Å². The summed E-state index contributed by atoms with van der Waals surface area (Å²) in [6.07, 6.45) is 1.06. The molecular formula is C17H28Cl2N2. The van der Waals surface area contributed by atoms with E-state index in [4.69, 9.17) is 0 Å². The predicted molar refractivity (Wildman–Crippen MR) is 97.0 cm³/mol. The van der Waals surface area contributed by atoms with Gasteiger partial charge < -0.3 is 5.32 Å². The molecule has 1 saturated heterocycles. The van der Waals surface area contributed by atoms with Gasteiger partial charge in [-0.25, -0.2) is 0 Å². The van der Waals surface area contributed by atoms with Gasteiger partial charge in [0.25, 0.3) is 0 Å². The van der Waals surface area contributed by atoms with Crippen molar-refractivity contribution in [1.82, 2.24) is 10.2 Å². The second-order valence-corrected chi connectivity index (χ2v) is 5.81. The fraction of sp³-hybridized carbons (Fsp3) is 0.529. The molecule has 0 bridgehead atoms. The fourth-order valence-corrected chi connectivity index (χ4v) is 2.75. The predicted octanol–water partition coefficient (Wildman–Crippen LogP) is 4.06. The van der Waals surface area contributed by atoms with Crippen molar-refractivity contribution in [1.29, 1.82) is 0 Å². The van der Waals surface area contributed by atoms with Crippen molar-refractivity contribution in [3.05, 3.63) is 47.0 Å². The number of hydrogen-bond donors (Lipinski definition) is 1. The Hall–Kier alpha value is -0.540. The van der Waals surface area contributed by atoms with E-state index in [1.807, 2.05) is 0 Å². The third-order valence-corrected chi connectivity index (χ3v) is 4.05. The number of piperazine rings is 1. The summed E-state index contributed by atoms with van der Waals surface area (Å²) in [5, 5.41) is 3.43. The van der Waals surface area contributed by atoms with Gasteiger partial charge in [-0.1, -0.05) is 23.8 Å². The van der Waals surface area contributed by atoms with E-state index in [0.717, 1.165) is 32.6 Å². The molecule has 21 heavy (non-hydrogen) atoms. The summed E-state index contributed by atoms with van der Waals surface area (Å²) in [6.45, 7) is 15.1. The summed E-state index contributed by atoms with van der Waals surface area (Å²) < 4.78 is 0. The number of hydrogen-bond acceptors (Lipinski definition) is 2. The van der Waals surface area contributed by atoms with Crippen molar-refractivity contribution < 1.29 is 0 Å². The van der Waals surface area contributed by atoms with E-state index in [1.165, 1.54) is 22.3 Å². The van der Waals surface area contributed by atoms with Crippen LogP contribution in [0.2, 0.25) is 0 Å². The first-order valence-corrected chi connectivity index (χ1v) is 7.24. The maximum atomic E-state index is 4.11. The van der Waals surface area contributed by atoms with Crippen LogP contribution in [0.4, 0.5) is 0 Å². The molecule has 1 aliphatic heterocycles. The Balaban J connectivity index is 0.00000200. The summed E-state index contributed by atoms with van der Waals surface area (Å²) in [4.78, 5) is 2.59. The minimum atomic E-state index is 0.